The number of rotatable bonds is 5. The highest BCUT2D eigenvalue weighted by molar-refractivity contribution is 5.95. The molecule has 1 amide bonds. The minimum atomic E-state index is -0.745. The fourth-order valence-electron chi connectivity index (χ4n) is 2.75. The van der Waals surface area contributed by atoms with E-state index in [-0.39, 0.29) is 12.5 Å². The maximum atomic E-state index is 12.3. The number of aliphatic hydroxyl groups is 1. The van der Waals surface area contributed by atoms with Gasteiger partial charge in [-0.2, -0.15) is 0 Å². The normalized spacial score (nSPS) is 12.0. The Balaban J connectivity index is 1.67. The average Bonchev–Trinajstić information content (AvgIpc) is 2.65. The van der Waals surface area contributed by atoms with Crippen molar-refractivity contribution in [3.8, 4) is 0 Å². The molecule has 3 rings (SSSR count). The van der Waals surface area contributed by atoms with Crippen molar-refractivity contribution in [3.05, 3.63) is 77.9 Å². The van der Waals surface area contributed by atoms with Crippen molar-refractivity contribution in [2.45, 2.75) is 6.10 Å². The van der Waals surface area contributed by atoms with Gasteiger partial charge in [0.25, 0.3) is 5.91 Å². The fraction of sp³-hybridized carbons (Fsp3) is 0.190. The molecule has 25 heavy (non-hydrogen) atoms. The van der Waals surface area contributed by atoms with Crippen LogP contribution in [0.25, 0.3) is 10.8 Å². The minimum Gasteiger partial charge on any atom is -0.387 e. The molecule has 0 fully saturated rings. The summed E-state index contributed by atoms with van der Waals surface area (Å²) in [5, 5.41) is 15.4. The number of hydrogen-bond donors (Lipinski definition) is 2. The van der Waals surface area contributed by atoms with E-state index in [0.29, 0.717) is 5.56 Å². The summed E-state index contributed by atoms with van der Waals surface area (Å²) < 4.78 is 0. The van der Waals surface area contributed by atoms with Gasteiger partial charge in [0.1, 0.15) is 0 Å². The molecule has 0 bridgehead atoms. The molecular formula is C21H22N2O2. The van der Waals surface area contributed by atoms with Crippen LogP contribution in [0.4, 0.5) is 5.69 Å². The number of carbonyl (C=O) groups is 1. The van der Waals surface area contributed by atoms with Crippen LogP contribution >= 0.6 is 0 Å². The molecule has 0 heterocycles. The van der Waals surface area contributed by atoms with Gasteiger partial charge >= 0.3 is 0 Å². The Morgan fingerprint density at radius 1 is 1.00 bits per heavy atom. The van der Waals surface area contributed by atoms with Crippen molar-refractivity contribution in [2.75, 3.05) is 25.5 Å². The molecule has 0 spiro atoms. The molecule has 0 radical (unpaired) electrons. The van der Waals surface area contributed by atoms with Crippen molar-refractivity contribution in [1.82, 2.24) is 5.32 Å². The molecule has 2 N–H and O–H groups in total. The van der Waals surface area contributed by atoms with E-state index in [1.807, 2.05) is 79.7 Å². The van der Waals surface area contributed by atoms with Gasteiger partial charge in [0.15, 0.2) is 0 Å². The van der Waals surface area contributed by atoms with Crippen molar-refractivity contribution < 1.29 is 9.90 Å². The Morgan fingerprint density at radius 3 is 2.52 bits per heavy atom. The minimum absolute atomic E-state index is 0.170. The monoisotopic (exact) mass is 334 g/mol. The van der Waals surface area contributed by atoms with Gasteiger partial charge in [-0.3, -0.25) is 4.79 Å². The predicted molar refractivity (Wildman–Crippen MR) is 102 cm³/mol. The quantitative estimate of drug-likeness (QED) is 0.752. The number of amides is 1. The van der Waals surface area contributed by atoms with Crippen LogP contribution in [0.3, 0.4) is 0 Å². The van der Waals surface area contributed by atoms with Gasteiger partial charge in [0.2, 0.25) is 0 Å². The fourth-order valence-corrected chi connectivity index (χ4v) is 2.75. The summed E-state index contributed by atoms with van der Waals surface area (Å²) in [5.74, 6) is -0.191. The molecule has 0 saturated carbocycles. The van der Waals surface area contributed by atoms with Crippen molar-refractivity contribution in [2.24, 2.45) is 0 Å². The molecule has 0 saturated heterocycles. The van der Waals surface area contributed by atoms with Crippen molar-refractivity contribution in [3.63, 3.8) is 0 Å². The van der Waals surface area contributed by atoms with Crippen LogP contribution in [0.5, 0.6) is 0 Å². The van der Waals surface area contributed by atoms with E-state index in [2.05, 4.69) is 5.32 Å². The van der Waals surface area contributed by atoms with E-state index in [1.165, 1.54) is 0 Å². The molecular weight excluding hydrogens is 312 g/mol. The maximum absolute atomic E-state index is 12.3. The lowest BCUT2D eigenvalue weighted by Crippen LogP contribution is -2.28. The van der Waals surface area contributed by atoms with E-state index in [1.54, 1.807) is 6.07 Å². The highest BCUT2D eigenvalue weighted by atomic mass is 16.3. The van der Waals surface area contributed by atoms with Crippen LogP contribution in [0, 0.1) is 0 Å². The van der Waals surface area contributed by atoms with Crippen LogP contribution in [0.2, 0.25) is 0 Å². The zero-order valence-corrected chi connectivity index (χ0v) is 14.4. The number of hydrogen-bond acceptors (Lipinski definition) is 3. The van der Waals surface area contributed by atoms with Gasteiger partial charge < -0.3 is 15.3 Å². The first-order valence-corrected chi connectivity index (χ1v) is 8.27. The number of nitrogens with zero attached hydrogens (tertiary/aromatic N) is 1. The lowest BCUT2D eigenvalue weighted by Gasteiger charge is -2.15. The van der Waals surface area contributed by atoms with Crippen LogP contribution in [0.1, 0.15) is 22.0 Å². The van der Waals surface area contributed by atoms with Gasteiger partial charge in [-0.15, -0.1) is 0 Å². The Hall–Kier alpha value is -2.85. The van der Waals surface area contributed by atoms with E-state index in [0.717, 1.165) is 22.0 Å². The first kappa shape index (κ1) is 17.0. The Kier molecular flexibility index (Phi) is 5.00. The highest BCUT2D eigenvalue weighted by Gasteiger charge is 2.12. The third-order valence-electron chi connectivity index (χ3n) is 4.24. The van der Waals surface area contributed by atoms with Crippen molar-refractivity contribution in [1.29, 1.82) is 0 Å². The molecule has 4 nitrogen and oxygen atoms in total. The van der Waals surface area contributed by atoms with Crippen LogP contribution < -0.4 is 10.2 Å². The number of benzene rings is 3. The average molecular weight is 334 g/mol. The van der Waals surface area contributed by atoms with Crippen molar-refractivity contribution >= 4 is 22.4 Å². The molecule has 3 aromatic rings. The number of nitrogens with one attached hydrogen (secondary N) is 1. The molecule has 4 heteroatoms. The smallest absolute Gasteiger partial charge is 0.251 e. The summed E-state index contributed by atoms with van der Waals surface area (Å²) in [7, 11) is 3.86. The van der Waals surface area contributed by atoms with E-state index < -0.39 is 6.10 Å². The molecule has 0 aliphatic heterocycles. The lowest BCUT2D eigenvalue weighted by atomic mass is 10.0. The van der Waals surface area contributed by atoms with Gasteiger partial charge in [0, 0.05) is 31.9 Å². The summed E-state index contributed by atoms with van der Waals surface area (Å²) in [6.07, 6.45) is -0.745. The second-order valence-electron chi connectivity index (χ2n) is 6.28. The third-order valence-corrected chi connectivity index (χ3v) is 4.24. The predicted octanol–water partition coefficient (Wildman–Crippen LogP) is 3.37. The summed E-state index contributed by atoms with van der Waals surface area (Å²) in [6, 6.07) is 21.2. The molecule has 0 aliphatic carbocycles. The SMILES string of the molecule is CN(C)c1cccc(C(=O)NCC(O)c2ccc3ccccc3c2)c1. The van der Waals surface area contributed by atoms with E-state index >= 15 is 0 Å². The zero-order valence-electron chi connectivity index (χ0n) is 14.4. The van der Waals surface area contributed by atoms with Gasteiger partial charge in [-0.05, 0) is 40.6 Å². The Bertz CT molecular complexity index is 890. The van der Waals surface area contributed by atoms with Gasteiger partial charge in [-0.1, -0.05) is 42.5 Å². The van der Waals surface area contributed by atoms with E-state index in [9.17, 15) is 9.90 Å². The van der Waals surface area contributed by atoms with Gasteiger partial charge in [-0.25, -0.2) is 0 Å². The largest absolute Gasteiger partial charge is 0.387 e. The summed E-state index contributed by atoms with van der Waals surface area (Å²) in [5.41, 5.74) is 2.33. The number of carbonyl (C=O) groups excluding carboxylic acids is 1. The second kappa shape index (κ2) is 7.36. The standard InChI is InChI=1S/C21H22N2O2/c1-23(2)19-9-5-8-18(13-19)21(25)22-14-20(24)17-11-10-15-6-3-4-7-16(15)12-17/h3-13,20,24H,14H2,1-2H3,(H,22,25). The maximum Gasteiger partial charge on any atom is 0.251 e. The first-order valence-electron chi connectivity index (χ1n) is 8.27. The molecule has 0 aromatic heterocycles. The molecule has 3 aromatic carbocycles. The third kappa shape index (κ3) is 3.98. The van der Waals surface area contributed by atoms with Crippen LogP contribution in [0.15, 0.2) is 66.7 Å². The van der Waals surface area contributed by atoms with Crippen LogP contribution in [-0.2, 0) is 0 Å². The summed E-state index contributed by atoms with van der Waals surface area (Å²) >= 11 is 0. The van der Waals surface area contributed by atoms with E-state index in [4.69, 9.17) is 0 Å². The molecule has 1 unspecified atom stereocenters. The van der Waals surface area contributed by atoms with Crippen LogP contribution in [-0.4, -0.2) is 31.7 Å². The molecule has 128 valence electrons. The first-order chi connectivity index (χ1) is 12.0. The zero-order chi connectivity index (χ0) is 17.8. The Labute approximate surface area is 147 Å². The van der Waals surface area contributed by atoms with Gasteiger partial charge in [0.05, 0.1) is 6.10 Å². The number of aliphatic hydroxyl groups excluding tert-OH is 1. The number of anilines is 1. The summed E-state index contributed by atoms with van der Waals surface area (Å²) in [4.78, 5) is 14.3. The summed E-state index contributed by atoms with van der Waals surface area (Å²) in [6.45, 7) is 0.170. The topological polar surface area (TPSA) is 52.6 Å². The Morgan fingerprint density at radius 2 is 1.76 bits per heavy atom. The highest BCUT2D eigenvalue weighted by Crippen LogP contribution is 2.20. The number of fused-ring (bicyclic) bond motifs is 1. The molecule has 1 atom stereocenters. The molecule has 0 aliphatic rings. The lowest BCUT2D eigenvalue weighted by molar-refractivity contribution is 0.0916. The second-order valence-corrected chi connectivity index (χ2v) is 6.28.